The summed E-state index contributed by atoms with van der Waals surface area (Å²) in [5.74, 6) is 0.727. The molecular weight excluding hydrogens is 294 g/mol. The molecule has 0 bridgehead atoms. The molecule has 2 aliphatic rings. The number of carbonyl (C=O) groups excluding carboxylic acids is 1. The number of aromatic nitrogens is 1. The summed E-state index contributed by atoms with van der Waals surface area (Å²) in [4.78, 5) is 23.0. The smallest absolute Gasteiger partial charge is 0.225 e. The lowest BCUT2D eigenvalue weighted by Gasteiger charge is -2.36. The minimum Gasteiger partial charge on any atom is -0.340 e. The lowest BCUT2D eigenvalue weighted by molar-refractivity contribution is -0.138. The predicted molar refractivity (Wildman–Crippen MR) is 90.0 cm³/mol. The highest BCUT2D eigenvalue weighted by molar-refractivity contribution is 7.11. The maximum absolute atomic E-state index is 12.6. The summed E-state index contributed by atoms with van der Waals surface area (Å²) >= 11 is 1.80. The van der Waals surface area contributed by atoms with Gasteiger partial charge in [-0.25, -0.2) is 4.98 Å². The van der Waals surface area contributed by atoms with Gasteiger partial charge in [-0.3, -0.25) is 9.69 Å². The Bertz CT molecular complexity index is 494. The summed E-state index contributed by atoms with van der Waals surface area (Å²) in [7, 11) is 0. The van der Waals surface area contributed by atoms with Gasteiger partial charge in [0.25, 0.3) is 0 Å². The Balaban J connectivity index is 1.48. The van der Waals surface area contributed by atoms with Crippen LogP contribution in [0, 0.1) is 19.8 Å². The zero-order chi connectivity index (χ0) is 15.5. The summed E-state index contributed by atoms with van der Waals surface area (Å²) in [6.45, 7) is 8.89. The first-order valence-electron chi connectivity index (χ1n) is 8.57. The van der Waals surface area contributed by atoms with Crippen molar-refractivity contribution in [2.24, 2.45) is 5.92 Å². The van der Waals surface area contributed by atoms with Crippen LogP contribution in [-0.2, 0) is 11.3 Å². The van der Waals surface area contributed by atoms with Crippen LogP contribution in [0.5, 0.6) is 0 Å². The van der Waals surface area contributed by atoms with Crippen molar-refractivity contribution in [1.29, 1.82) is 0 Å². The topological polar surface area (TPSA) is 36.4 Å². The Morgan fingerprint density at radius 3 is 2.41 bits per heavy atom. The molecule has 0 N–H and O–H groups in total. The van der Waals surface area contributed by atoms with Crippen LogP contribution >= 0.6 is 11.3 Å². The fourth-order valence-corrected chi connectivity index (χ4v) is 4.51. The van der Waals surface area contributed by atoms with Crippen LogP contribution in [0.25, 0.3) is 0 Å². The van der Waals surface area contributed by atoms with E-state index in [9.17, 15) is 4.79 Å². The van der Waals surface area contributed by atoms with Gasteiger partial charge in [0, 0.05) is 37.0 Å². The van der Waals surface area contributed by atoms with E-state index < -0.39 is 0 Å². The first-order valence-corrected chi connectivity index (χ1v) is 9.39. The van der Waals surface area contributed by atoms with Gasteiger partial charge in [-0.05, 0) is 26.7 Å². The lowest BCUT2D eigenvalue weighted by atomic mass is 9.88. The SMILES string of the molecule is Cc1nc(CN2CCN(C(=O)C3CCCCC3)CC2)sc1C. The second-order valence-corrected chi connectivity index (χ2v) is 7.97. The van der Waals surface area contributed by atoms with Crippen molar-refractivity contribution in [3.63, 3.8) is 0 Å². The van der Waals surface area contributed by atoms with E-state index in [4.69, 9.17) is 0 Å². The van der Waals surface area contributed by atoms with E-state index in [1.165, 1.54) is 29.1 Å². The van der Waals surface area contributed by atoms with E-state index in [2.05, 4.69) is 28.6 Å². The summed E-state index contributed by atoms with van der Waals surface area (Å²) in [5, 5.41) is 1.21. The highest BCUT2D eigenvalue weighted by atomic mass is 32.1. The Hall–Kier alpha value is -0.940. The molecule has 0 unspecified atom stereocenters. The van der Waals surface area contributed by atoms with Crippen LogP contribution in [0.3, 0.4) is 0 Å². The van der Waals surface area contributed by atoms with E-state index in [0.717, 1.165) is 51.3 Å². The second-order valence-electron chi connectivity index (χ2n) is 6.69. The molecule has 4 nitrogen and oxygen atoms in total. The summed E-state index contributed by atoms with van der Waals surface area (Å²) in [6, 6.07) is 0. The summed E-state index contributed by atoms with van der Waals surface area (Å²) in [6.07, 6.45) is 6.00. The van der Waals surface area contributed by atoms with Crippen molar-refractivity contribution in [3.05, 3.63) is 15.6 Å². The Kier molecular flexibility index (Phi) is 5.14. The molecule has 0 aromatic carbocycles. The third-order valence-corrected chi connectivity index (χ3v) is 6.13. The molecule has 22 heavy (non-hydrogen) atoms. The van der Waals surface area contributed by atoms with Crippen molar-refractivity contribution >= 4 is 17.2 Å². The molecule has 0 atom stereocenters. The average Bonchev–Trinajstić information content (AvgIpc) is 2.86. The van der Waals surface area contributed by atoms with Gasteiger partial charge in [0.05, 0.1) is 12.2 Å². The fourth-order valence-electron chi connectivity index (χ4n) is 3.53. The first kappa shape index (κ1) is 15.9. The van der Waals surface area contributed by atoms with Crippen molar-refractivity contribution in [2.45, 2.75) is 52.5 Å². The molecule has 1 amide bonds. The molecule has 0 radical (unpaired) electrons. The molecular formula is C17H27N3OS. The van der Waals surface area contributed by atoms with Gasteiger partial charge in [-0.1, -0.05) is 19.3 Å². The molecule has 1 aliphatic heterocycles. The van der Waals surface area contributed by atoms with Crippen molar-refractivity contribution in [1.82, 2.24) is 14.8 Å². The monoisotopic (exact) mass is 321 g/mol. The quantitative estimate of drug-likeness (QED) is 0.859. The van der Waals surface area contributed by atoms with Crippen molar-refractivity contribution < 1.29 is 4.79 Å². The zero-order valence-electron chi connectivity index (χ0n) is 13.8. The van der Waals surface area contributed by atoms with E-state index in [1.54, 1.807) is 11.3 Å². The largest absolute Gasteiger partial charge is 0.340 e. The number of aryl methyl sites for hydroxylation is 2. The van der Waals surface area contributed by atoms with Crippen LogP contribution in [-0.4, -0.2) is 46.9 Å². The number of piperazine rings is 1. The molecule has 2 heterocycles. The van der Waals surface area contributed by atoms with Gasteiger partial charge in [-0.15, -0.1) is 11.3 Å². The third-order valence-electron chi connectivity index (χ3n) is 5.07. The second kappa shape index (κ2) is 7.09. The predicted octanol–water partition coefficient (Wildman–Crippen LogP) is 2.98. The molecule has 1 aromatic heterocycles. The van der Waals surface area contributed by atoms with Gasteiger partial charge in [0.15, 0.2) is 0 Å². The van der Waals surface area contributed by atoms with Crippen LogP contribution in [0.4, 0.5) is 0 Å². The van der Waals surface area contributed by atoms with Crippen molar-refractivity contribution in [3.8, 4) is 0 Å². The van der Waals surface area contributed by atoms with Crippen LogP contribution in [0.15, 0.2) is 0 Å². The molecule has 5 heteroatoms. The number of rotatable bonds is 3. The minimum absolute atomic E-state index is 0.310. The number of nitrogens with zero attached hydrogens (tertiary/aromatic N) is 3. The number of carbonyl (C=O) groups is 1. The van der Waals surface area contributed by atoms with E-state index >= 15 is 0 Å². The van der Waals surface area contributed by atoms with E-state index in [0.29, 0.717) is 11.8 Å². The number of hydrogen-bond acceptors (Lipinski definition) is 4. The van der Waals surface area contributed by atoms with Gasteiger partial charge < -0.3 is 4.90 Å². The number of amides is 1. The highest BCUT2D eigenvalue weighted by Crippen LogP contribution is 2.26. The van der Waals surface area contributed by atoms with Gasteiger partial charge >= 0.3 is 0 Å². The maximum Gasteiger partial charge on any atom is 0.225 e. The molecule has 0 spiro atoms. The normalized spacial score (nSPS) is 21.3. The third kappa shape index (κ3) is 3.69. The zero-order valence-corrected chi connectivity index (χ0v) is 14.6. The lowest BCUT2D eigenvalue weighted by Crippen LogP contribution is -2.50. The maximum atomic E-state index is 12.6. The van der Waals surface area contributed by atoms with E-state index in [1.807, 2.05) is 0 Å². The summed E-state index contributed by atoms with van der Waals surface area (Å²) in [5.41, 5.74) is 1.16. The molecule has 3 rings (SSSR count). The Morgan fingerprint density at radius 1 is 1.14 bits per heavy atom. The van der Waals surface area contributed by atoms with Crippen LogP contribution in [0.2, 0.25) is 0 Å². The summed E-state index contributed by atoms with van der Waals surface area (Å²) < 4.78 is 0. The van der Waals surface area contributed by atoms with Crippen LogP contribution in [0.1, 0.15) is 47.7 Å². The van der Waals surface area contributed by atoms with E-state index in [-0.39, 0.29) is 0 Å². The standard InChI is InChI=1S/C17H27N3OS/c1-13-14(2)22-16(18-13)12-19-8-10-20(11-9-19)17(21)15-6-4-3-5-7-15/h15H,3-12H2,1-2H3. The molecule has 2 fully saturated rings. The molecule has 122 valence electrons. The van der Waals surface area contributed by atoms with Crippen molar-refractivity contribution in [2.75, 3.05) is 26.2 Å². The number of hydrogen-bond donors (Lipinski definition) is 0. The highest BCUT2D eigenvalue weighted by Gasteiger charge is 2.28. The molecule has 1 aliphatic carbocycles. The fraction of sp³-hybridized carbons (Fsp3) is 0.765. The van der Waals surface area contributed by atoms with Gasteiger partial charge in [0.2, 0.25) is 5.91 Å². The number of thiazole rings is 1. The molecule has 1 saturated heterocycles. The average molecular weight is 321 g/mol. The Labute approximate surface area is 137 Å². The Morgan fingerprint density at radius 2 is 1.82 bits per heavy atom. The minimum atomic E-state index is 0.310. The first-order chi connectivity index (χ1) is 10.6. The van der Waals surface area contributed by atoms with Crippen LogP contribution < -0.4 is 0 Å². The van der Waals surface area contributed by atoms with Gasteiger partial charge in [-0.2, -0.15) is 0 Å². The van der Waals surface area contributed by atoms with Gasteiger partial charge in [0.1, 0.15) is 5.01 Å². The molecule has 1 saturated carbocycles. The molecule has 1 aromatic rings.